The Hall–Kier alpha value is -2.60. The van der Waals surface area contributed by atoms with Crippen LogP contribution in [0.3, 0.4) is 0 Å². The summed E-state index contributed by atoms with van der Waals surface area (Å²) in [5.74, 6) is -0.124. The van der Waals surface area contributed by atoms with E-state index in [0.717, 1.165) is 29.8 Å². The van der Waals surface area contributed by atoms with E-state index in [4.69, 9.17) is 0 Å². The molecule has 4 rings (SSSR count). The predicted octanol–water partition coefficient (Wildman–Crippen LogP) is 4.59. The van der Waals surface area contributed by atoms with E-state index in [-0.39, 0.29) is 18.2 Å². The first kappa shape index (κ1) is 19.7. The van der Waals surface area contributed by atoms with Crippen molar-refractivity contribution < 1.29 is 9.59 Å². The van der Waals surface area contributed by atoms with Gasteiger partial charge in [0.05, 0.1) is 11.3 Å². The number of carbonyl (C=O) groups is 2. The topological polar surface area (TPSA) is 62.3 Å². The maximum atomic E-state index is 13.2. The van der Waals surface area contributed by atoms with E-state index in [1.807, 2.05) is 24.3 Å². The van der Waals surface area contributed by atoms with E-state index in [1.165, 1.54) is 30.2 Å². The number of pyridine rings is 1. The minimum absolute atomic E-state index is 0.0185. The van der Waals surface area contributed by atoms with Crippen LogP contribution in [0.1, 0.15) is 48.9 Å². The van der Waals surface area contributed by atoms with Gasteiger partial charge in [-0.3, -0.25) is 9.59 Å². The number of allylic oxidation sites excluding steroid dienone is 1. The Balaban J connectivity index is 1.41. The molecular formula is C23H25N3O2S. The summed E-state index contributed by atoms with van der Waals surface area (Å²) in [6, 6.07) is 11.4. The number of hydrogen-bond donors (Lipinski definition) is 1. The fraction of sp³-hybridized carbons (Fsp3) is 0.348. The van der Waals surface area contributed by atoms with Gasteiger partial charge in [-0.15, -0.1) is 0 Å². The summed E-state index contributed by atoms with van der Waals surface area (Å²) in [6.45, 7) is 1.01. The molecule has 5 nitrogen and oxygen atoms in total. The Bertz CT molecular complexity index is 941. The second-order valence-corrected chi connectivity index (χ2v) is 8.37. The zero-order valence-electron chi connectivity index (χ0n) is 16.4. The lowest BCUT2D eigenvalue weighted by molar-refractivity contribution is -0.120. The fourth-order valence-electron chi connectivity index (χ4n) is 3.78. The number of carbonyl (C=O) groups excluding carboxylic acids is 2. The summed E-state index contributed by atoms with van der Waals surface area (Å²) in [7, 11) is 0. The Morgan fingerprint density at radius 1 is 1.17 bits per heavy atom. The molecule has 0 radical (unpaired) electrons. The van der Waals surface area contributed by atoms with Crippen LogP contribution in [0.25, 0.3) is 0 Å². The molecule has 0 atom stereocenters. The highest BCUT2D eigenvalue weighted by Gasteiger charge is 2.28. The molecule has 2 amide bonds. The summed E-state index contributed by atoms with van der Waals surface area (Å²) in [5.41, 5.74) is 2.87. The van der Waals surface area contributed by atoms with Crippen LogP contribution < -0.4 is 10.2 Å². The average molecular weight is 408 g/mol. The van der Waals surface area contributed by atoms with Crippen molar-refractivity contribution in [3.05, 3.63) is 59.8 Å². The highest BCUT2D eigenvalue weighted by Crippen LogP contribution is 2.40. The van der Waals surface area contributed by atoms with Gasteiger partial charge in [0.25, 0.3) is 5.91 Å². The third kappa shape index (κ3) is 4.70. The molecule has 0 saturated carbocycles. The number of benzene rings is 1. The predicted molar refractivity (Wildman–Crippen MR) is 115 cm³/mol. The van der Waals surface area contributed by atoms with Crippen molar-refractivity contribution in [2.75, 3.05) is 18.0 Å². The van der Waals surface area contributed by atoms with Gasteiger partial charge in [0.2, 0.25) is 5.91 Å². The van der Waals surface area contributed by atoms with E-state index in [0.29, 0.717) is 23.7 Å². The van der Waals surface area contributed by atoms with Crippen molar-refractivity contribution in [3.8, 4) is 0 Å². The maximum absolute atomic E-state index is 13.2. The maximum Gasteiger partial charge on any atom is 0.261 e. The van der Waals surface area contributed by atoms with Gasteiger partial charge >= 0.3 is 0 Å². The molecule has 29 heavy (non-hydrogen) atoms. The second kappa shape index (κ2) is 9.27. The molecule has 0 fully saturated rings. The van der Waals surface area contributed by atoms with E-state index in [1.54, 1.807) is 23.2 Å². The van der Waals surface area contributed by atoms with Crippen molar-refractivity contribution in [1.82, 2.24) is 10.3 Å². The number of para-hydroxylation sites is 1. The first-order valence-electron chi connectivity index (χ1n) is 10.2. The Labute approximate surface area is 175 Å². The van der Waals surface area contributed by atoms with Gasteiger partial charge in [-0.2, -0.15) is 0 Å². The van der Waals surface area contributed by atoms with Gasteiger partial charge in [0, 0.05) is 30.6 Å². The van der Waals surface area contributed by atoms with Gasteiger partial charge in [-0.05, 0) is 56.4 Å². The first-order chi connectivity index (χ1) is 14.2. The Morgan fingerprint density at radius 2 is 2.07 bits per heavy atom. The van der Waals surface area contributed by atoms with Crippen LogP contribution in [-0.4, -0.2) is 29.9 Å². The van der Waals surface area contributed by atoms with Crippen LogP contribution in [-0.2, 0) is 4.79 Å². The number of amides is 2. The van der Waals surface area contributed by atoms with E-state index < -0.39 is 0 Å². The van der Waals surface area contributed by atoms with E-state index in [2.05, 4.69) is 16.4 Å². The highest BCUT2D eigenvalue weighted by molar-refractivity contribution is 7.99. The van der Waals surface area contributed by atoms with Gasteiger partial charge in [0.1, 0.15) is 5.03 Å². The van der Waals surface area contributed by atoms with E-state index in [9.17, 15) is 9.59 Å². The normalized spacial score (nSPS) is 15.8. The molecule has 2 heterocycles. The van der Waals surface area contributed by atoms with E-state index >= 15 is 0 Å². The third-order valence-electron chi connectivity index (χ3n) is 5.33. The number of nitrogens with zero attached hydrogens (tertiary/aromatic N) is 2. The summed E-state index contributed by atoms with van der Waals surface area (Å²) >= 11 is 1.49. The number of anilines is 1. The van der Waals surface area contributed by atoms with Crippen LogP contribution >= 0.6 is 11.8 Å². The van der Waals surface area contributed by atoms with Crippen LogP contribution in [0, 0.1) is 0 Å². The Morgan fingerprint density at radius 3 is 2.93 bits per heavy atom. The largest absolute Gasteiger partial charge is 0.356 e. The van der Waals surface area contributed by atoms with Crippen molar-refractivity contribution >= 4 is 29.3 Å². The smallest absolute Gasteiger partial charge is 0.261 e. The quantitative estimate of drug-likeness (QED) is 0.712. The molecule has 1 aromatic heterocycles. The Kier molecular flexibility index (Phi) is 6.30. The number of aromatic nitrogens is 1. The number of rotatable bonds is 6. The summed E-state index contributed by atoms with van der Waals surface area (Å²) in [5, 5.41) is 3.71. The third-order valence-corrected chi connectivity index (χ3v) is 6.41. The van der Waals surface area contributed by atoms with Gasteiger partial charge in [-0.1, -0.05) is 35.5 Å². The first-order valence-corrected chi connectivity index (χ1v) is 11.0. The summed E-state index contributed by atoms with van der Waals surface area (Å²) in [6.07, 6.45) is 10.1. The number of fused-ring (bicyclic) bond motifs is 2. The molecule has 2 aliphatic rings. The van der Waals surface area contributed by atoms with Crippen molar-refractivity contribution in [3.63, 3.8) is 0 Å². The SMILES string of the molecule is O=C(CCN1C(=O)c2cccnc2Sc2ccccc21)NCCC1=CCCCC1. The minimum Gasteiger partial charge on any atom is -0.356 e. The van der Waals surface area contributed by atoms with Gasteiger partial charge in [0.15, 0.2) is 0 Å². The van der Waals surface area contributed by atoms with Crippen LogP contribution in [0.15, 0.2) is 64.2 Å². The molecule has 150 valence electrons. The molecule has 2 aromatic rings. The summed E-state index contributed by atoms with van der Waals surface area (Å²) in [4.78, 5) is 32.6. The molecule has 6 heteroatoms. The molecule has 0 bridgehead atoms. The zero-order chi connectivity index (χ0) is 20.1. The zero-order valence-corrected chi connectivity index (χ0v) is 17.2. The van der Waals surface area contributed by atoms with Crippen molar-refractivity contribution in [2.24, 2.45) is 0 Å². The number of hydrogen-bond acceptors (Lipinski definition) is 4. The molecule has 0 spiro atoms. The molecule has 0 saturated heterocycles. The second-order valence-electron chi connectivity index (χ2n) is 7.34. The van der Waals surface area contributed by atoms with Gasteiger partial charge in [-0.25, -0.2) is 4.98 Å². The average Bonchev–Trinajstić information content (AvgIpc) is 2.87. The fourth-order valence-corrected chi connectivity index (χ4v) is 4.79. The number of nitrogens with one attached hydrogen (secondary N) is 1. The lowest BCUT2D eigenvalue weighted by Gasteiger charge is -2.22. The summed E-state index contributed by atoms with van der Waals surface area (Å²) < 4.78 is 0. The minimum atomic E-state index is -0.106. The van der Waals surface area contributed by atoms with Gasteiger partial charge < -0.3 is 10.2 Å². The lowest BCUT2D eigenvalue weighted by atomic mass is 9.97. The molecule has 1 N–H and O–H groups in total. The molecule has 1 aliphatic carbocycles. The van der Waals surface area contributed by atoms with Crippen molar-refractivity contribution in [1.29, 1.82) is 0 Å². The lowest BCUT2D eigenvalue weighted by Crippen LogP contribution is -2.35. The van der Waals surface area contributed by atoms with Crippen LogP contribution in [0.5, 0.6) is 0 Å². The highest BCUT2D eigenvalue weighted by atomic mass is 32.2. The molecule has 0 unspecified atom stereocenters. The van der Waals surface area contributed by atoms with Crippen molar-refractivity contribution in [2.45, 2.75) is 48.4 Å². The standard InChI is InChI=1S/C23H25N3O2S/c27-21(24-15-12-17-7-2-1-3-8-17)13-16-26-19-10-4-5-11-20(19)29-22-18(23(26)28)9-6-14-25-22/h4-7,9-11,14H,1-3,8,12-13,15-16H2,(H,24,27). The van der Waals surface area contributed by atoms with Crippen LogP contribution in [0.4, 0.5) is 5.69 Å². The molecule has 1 aliphatic heterocycles. The monoisotopic (exact) mass is 407 g/mol. The molecule has 1 aromatic carbocycles. The molecular weight excluding hydrogens is 382 g/mol. The van der Waals surface area contributed by atoms with Crippen LogP contribution in [0.2, 0.25) is 0 Å².